The lowest BCUT2D eigenvalue weighted by Crippen LogP contribution is -2.56. The van der Waals surface area contributed by atoms with Crippen molar-refractivity contribution in [2.24, 2.45) is 11.3 Å². The third-order valence-electron chi connectivity index (χ3n) is 3.35. The van der Waals surface area contributed by atoms with Gasteiger partial charge in [0.1, 0.15) is 6.10 Å². The van der Waals surface area contributed by atoms with E-state index in [0.29, 0.717) is 6.92 Å². The van der Waals surface area contributed by atoms with Gasteiger partial charge in [0.15, 0.2) is 5.41 Å². The largest absolute Gasteiger partial charge is 0.402 e. The van der Waals surface area contributed by atoms with Crippen LogP contribution in [0.1, 0.15) is 40.5 Å². The second kappa shape index (κ2) is 4.62. The fraction of sp³-hybridized carbons (Fsp3) is 1.00. The van der Waals surface area contributed by atoms with E-state index in [0.717, 1.165) is 5.92 Å². The zero-order valence-electron chi connectivity index (χ0n) is 10.9. The zero-order chi connectivity index (χ0) is 14.4. The van der Waals surface area contributed by atoms with Gasteiger partial charge < -0.3 is 4.74 Å². The van der Waals surface area contributed by atoms with Crippen LogP contribution in [0.4, 0.5) is 22.0 Å². The van der Waals surface area contributed by atoms with Crippen molar-refractivity contribution in [3.05, 3.63) is 0 Å². The maximum absolute atomic E-state index is 13.3. The van der Waals surface area contributed by atoms with Crippen LogP contribution in [-0.2, 0) is 4.74 Å². The van der Waals surface area contributed by atoms with Crippen molar-refractivity contribution in [2.45, 2.75) is 64.8 Å². The molecule has 0 amide bonds. The SMILES string of the molecule is CC(C)C.CC1(C(F)(F)F)C2CCC(O2)C1(F)F. The van der Waals surface area contributed by atoms with E-state index in [9.17, 15) is 22.0 Å². The zero-order valence-corrected chi connectivity index (χ0v) is 10.9. The molecule has 0 spiro atoms. The van der Waals surface area contributed by atoms with Crippen LogP contribution in [0.15, 0.2) is 0 Å². The minimum absolute atomic E-state index is 0.0172. The molecular formula is C12H19F5O. The number of fused-ring (bicyclic) bond motifs is 2. The minimum Gasteiger partial charge on any atom is -0.368 e. The molecule has 2 fully saturated rings. The molecule has 2 aliphatic rings. The summed E-state index contributed by atoms with van der Waals surface area (Å²) in [6.07, 6.45) is -7.78. The van der Waals surface area contributed by atoms with Crippen LogP contribution in [0.5, 0.6) is 0 Å². The van der Waals surface area contributed by atoms with Crippen molar-refractivity contribution in [3.8, 4) is 0 Å². The van der Waals surface area contributed by atoms with Crippen LogP contribution in [0.2, 0.25) is 0 Å². The molecule has 0 saturated carbocycles. The summed E-state index contributed by atoms with van der Waals surface area (Å²) < 4.78 is 69.0. The Labute approximate surface area is 104 Å². The molecule has 3 unspecified atom stereocenters. The molecule has 108 valence electrons. The number of rotatable bonds is 0. The van der Waals surface area contributed by atoms with Gasteiger partial charge in [-0.3, -0.25) is 0 Å². The molecule has 2 rings (SSSR count). The van der Waals surface area contributed by atoms with Gasteiger partial charge in [0.25, 0.3) is 5.92 Å². The van der Waals surface area contributed by atoms with Crippen molar-refractivity contribution in [1.82, 2.24) is 0 Å². The predicted octanol–water partition coefficient (Wildman–Crippen LogP) is 4.41. The van der Waals surface area contributed by atoms with E-state index >= 15 is 0 Å². The third kappa shape index (κ3) is 2.24. The summed E-state index contributed by atoms with van der Waals surface area (Å²) in [5, 5.41) is 0. The van der Waals surface area contributed by atoms with Crippen molar-refractivity contribution < 1.29 is 26.7 Å². The molecule has 18 heavy (non-hydrogen) atoms. The standard InChI is InChI=1S/C8H9F5O.C4H10/c1-6(8(11,12)13)4-2-3-5(14-4)7(6,9)10;1-4(2)3/h4-5H,2-3H2,1H3;4H,1-3H3. The second-order valence-corrected chi connectivity index (χ2v) is 5.75. The van der Waals surface area contributed by atoms with Gasteiger partial charge in [-0.2, -0.15) is 13.2 Å². The maximum atomic E-state index is 13.3. The van der Waals surface area contributed by atoms with E-state index in [1.54, 1.807) is 0 Å². The molecule has 1 nitrogen and oxygen atoms in total. The Hall–Kier alpha value is -0.390. The Balaban J connectivity index is 0.000000357. The van der Waals surface area contributed by atoms with Crippen molar-refractivity contribution in [3.63, 3.8) is 0 Å². The van der Waals surface area contributed by atoms with Crippen LogP contribution >= 0.6 is 0 Å². The molecule has 2 saturated heterocycles. The Morgan fingerprint density at radius 1 is 1.06 bits per heavy atom. The van der Waals surface area contributed by atoms with Gasteiger partial charge in [0.05, 0.1) is 6.10 Å². The highest BCUT2D eigenvalue weighted by Crippen LogP contribution is 2.63. The Morgan fingerprint density at radius 3 is 1.67 bits per heavy atom. The van der Waals surface area contributed by atoms with E-state index in [-0.39, 0.29) is 12.8 Å². The van der Waals surface area contributed by atoms with Gasteiger partial charge in [0.2, 0.25) is 0 Å². The lowest BCUT2D eigenvalue weighted by molar-refractivity contribution is -0.293. The molecule has 3 atom stereocenters. The molecule has 2 aliphatic heterocycles. The lowest BCUT2D eigenvalue weighted by atomic mass is 9.72. The van der Waals surface area contributed by atoms with Crippen molar-refractivity contribution in [1.29, 1.82) is 0 Å². The van der Waals surface area contributed by atoms with Crippen molar-refractivity contribution >= 4 is 0 Å². The van der Waals surface area contributed by atoms with Crippen LogP contribution in [0, 0.1) is 11.3 Å². The van der Waals surface area contributed by atoms with Crippen molar-refractivity contribution in [2.75, 3.05) is 0 Å². The molecule has 0 radical (unpaired) electrons. The highest BCUT2D eigenvalue weighted by molar-refractivity contribution is 5.12. The van der Waals surface area contributed by atoms with E-state index in [2.05, 4.69) is 25.5 Å². The molecule has 0 aromatic rings. The first-order chi connectivity index (χ1) is 7.94. The van der Waals surface area contributed by atoms with Crippen LogP contribution in [0.25, 0.3) is 0 Å². The van der Waals surface area contributed by atoms with Gasteiger partial charge in [-0.1, -0.05) is 20.8 Å². The maximum Gasteiger partial charge on any atom is 0.402 e. The molecule has 0 aromatic heterocycles. The fourth-order valence-corrected chi connectivity index (χ4v) is 2.25. The Morgan fingerprint density at radius 2 is 1.44 bits per heavy atom. The van der Waals surface area contributed by atoms with Crippen LogP contribution < -0.4 is 0 Å². The first-order valence-electron chi connectivity index (χ1n) is 6.04. The van der Waals surface area contributed by atoms with Gasteiger partial charge >= 0.3 is 6.18 Å². The quantitative estimate of drug-likeness (QED) is 0.594. The highest BCUT2D eigenvalue weighted by atomic mass is 19.4. The average Bonchev–Trinajstić information content (AvgIpc) is 2.67. The predicted molar refractivity (Wildman–Crippen MR) is 57.5 cm³/mol. The first-order valence-corrected chi connectivity index (χ1v) is 6.04. The Kier molecular flexibility index (Phi) is 4.02. The number of halogens is 5. The molecule has 6 heteroatoms. The summed E-state index contributed by atoms with van der Waals surface area (Å²) in [7, 11) is 0. The van der Waals surface area contributed by atoms with E-state index < -0.39 is 29.7 Å². The lowest BCUT2D eigenvalue weighted by Gasteiger charge is -2.38. The molecular weight excluding hydrogens is 255 g/mol. The van der Waals surface area contributed by atoms with Gasteiger partial charge in [-0.15, -0.1) is 0 Å². The third-order valence-corrected chi connectivity index (χ3v) is 3.35. The van der Waals surface area contributed by atoms with E-state index in [1.807, 2.05) is 0 Å². The molecule has 2 heterocycles. The van der Waals surface area contributed by atoms with E-state index in [4.69, 9.17) is 0 Å². The molecule has 0 aliphatic carbocycles. The molecule has 0 aromatic carbocycles. The second-order valence-electron chi connectivity index (χ2n) is 5.75. The number of hydrogen-bond acceptors (Lipinski definition) is 1. The topological polar surface area (TPSA) is 9.23 Å². The van der Waals surface area contributed by atoms with Gasteiger partial charge in [-0.25, -0.2) is 8.78 Å². The van der Waals surface area contributed by atoms with Gasteiger partial charge in [0, 0.05) is 0 Å². The number of ether oxygens (including phenoxy) is 1. The smallest absolute Gasteiger partial charge is 0.368 e. The van der Waals surface area contributed by atoms with E-state index in [1.165, 1.54) is 0 Å². The summed E-state index contributed by atoms with van der Waals surface area (Å²) in [5.74, 6) is -2.96. The average molecular weight is 274 g/mol. The minimum atomic E-state index is -4.92. The summed E-state index contributed by atoms with van der Waals surface area (Å²) in [5.41, 5.74) is -3.01. The summed E-state index contributed by atoms with van der Waals surface area (Å²) in [4.78, 5) is 0. The normalized spacial score (nSPS) is 37.7. The molecule has 2 bridgehead atoms. The summed E-state index contributed by atoms with van der Waals surface area (Å²) in [6, 6.07) is 0. The Bertz CT molecular complexity index is 297. The fourth-order valence-electron chi connectivity index (χ4n) is 2.25. The van der Waals surface area contributed by atoms with Gasteiger partial charge in [-0.05, 0) is 25.7 Å². The number of hydrogen-bond donors (Lipinski definition) is 0. The first kappa shape index (κ1) is 15.7. The summed E-state index contributed by atoms with van der Waals surface area (Å²) in [6.45, 7) is 7.05. The van der Waals surface area contributed by atoms with Crippen LogP contribution in [-0.4, -0.2) is 24.3 Å². The summed E-state index contributed by atoms with van der Waals surface area (Å²) >= 11 is 0. The van der Waals surface area contributed by atoms with Crippen LogP contribution in [0.3, 0.4) is 0 Å². The highest BCUT2D eigenvalue weighted by Gasteiger charge is 2.79. The monoisotopic (exact) mass is 274 g/mol. The number of alkyl halides is 5. The molecule has 0 N–H and O–H groups in total.